The van der Waals surface area contributed by atoms with Crippen molar-refractivity contribution < 1.29 is 0 Å². The number of aromatic nitrogens is 2. The third-order valence-electron chi connectivity index (χ3n) is 4.43. The molecule has 0 unspecified atom stereocenters. The average Bonchev–Trinajstić information content (AvgIpc) is 2.46. The van der Waals surface area contributed by atoms with Gasteiger partial charge in [-0.25, -0.2) is 9.97 Å². The van der Waals surface area contributed by atoms with Gasteiger partial charge in [0.15, 0.2) is 0 Å². The van der Waals surface area contributed by atoms with Gasteiger partial charge in [0.05, 0.1) is 0 Å². The summed E-state index contributed by atoms with van der Waals surface area (Å²) in [7, 11) is 1.91. The summed E-state index contributed by atoms with van der Waals surface area (Å²) in [5.74, 6) is 3.66. The highest BCUT2D eigenvalue weighted by Crippen LogP contribution is 2.29. The van der Waals surface area contributed by atoms with Crippen LogP contribution in [0.3, 0.4) is 0 Å². The summed E-state index contributed by atoms with van der Waals surface area (Å²) in [6, 6.07) is 2.57. The van der Waals surface area contributed by atoms with E-state index in [1.807, 2.05) is 13.1 Å². The second kappa shape index (κ2) is 6.63. The van der Waals surface area contributed by atoms with Crippen LogP contribution in [-0.4, -0.2) is 23.1 Å². The van der Waals surface area contributed by atoms with Gasteiger partial charge in [-0.05, 0) is 31.6 Å². The van der Waals surface area contributed by atoms with Crippen LogP contribution in [0.5, 0.6) is 0 Å². The van der Waals surface area contributed by atoms with E-state index in [0.29, 0.717) is 6.04 Å². The molecule has 1 aromatic rings. The summed E-state index contributed by atoms with van der Waals surface area (Å²) in [4.78, 5) is 9.30. The fraction of sp³-hybridized carbons (Fsp3) is 0.765. The van der Waals surface area contributed by atoms with E-state index in [9.17, 15) is 0 Å². The first-order valence-corrected chi connectivity index (χ1v) is 8.26. The maximum Gasteiger partial charge on any atom is 0.138 e. The molecule has 21 heavy (non-hydrogen) atoms. The Morgan fingerprint density at radius 2 is 1.71 bits per heavy atom. The molecule has 1 fully saturated rings. The summed E-state index contributed by atoms with van der Waals surface area (Å²) in [6.07, 6.45) is 6.50. The van der Waals surface area contributed by atoms with Crippen molar-refractivity contribution >= 4 is 11.6 Å². The third-order valence-corrected chi connectivity index (χ3v) is 4.43. The molecule has 0 radical (unpaired) electrons. The first-order chi connectivity index (χ1) is 9.92. The van der Waals surface area contributed by atoms with Crippen LogP contribution in [-0.2, 0) is 5.41 Å². The van der Waals surface area contributed by atoms with E-state index in [-0.39, 0.29) is 5.41 Å². The van der Waals surface area contributed by atoms with Gasteiger partial charge in [-0.2, -0.15) is 0 Å². The molecule has 2 N–H and O–H groups in total. The SMILES string of the molecule is CCC1CCC(Nc2cc(NC)nc(C(C)(C)C)n2)CC1. The molecule has 4 heteroatoms. The molecule has 0 saturated heterocycles. The Bertz CT molecular complexity index is 456. The lowest BCUT2D eigenvalue weighted by molar-refractivity contribution is 0.329. The maximum absolute atomic E-state index is 4.72. The lowest BCUT2D eigenvalue weighted by Gasteiger charge is -2.29. The molecule has 1 aromatic heterocycles. The zero-order chi connectivity index (χ0) is 15.5. The van der Waals surface area contributed by atoms with Gasteiger partial charge in [-0.15, -0.1) is 0 Å². The summed E-state index contributed by atoms with van der Waals surface area (Å²) < 4.78 is 0. The maximum atomic E-state index is 4.72. The van der Waals surface area contributed by atoms with Crippen molar-refractivity contribution in [1.82, 2.24) is 9.97 Å². The zero-order valence-corrected chi connectivity index (χ0v) is 14.2. The Morgan fingerprint density at radius 1 is 1.10 bits per heavy atom. The minimum Gasteiger partial charge on any atom is -0.373 e. The lowest BCUT2D eigenvalue weighted by Crippen LogP contribution is -2.27. The zero-order valence-electron chi connectivity index (χ0n) is 14.2. The first-order valence-electron chi connectivity index (χ1n) is 8.26. The van der Waals surface area contributed by atoms with Crippen molar-refractivity contribution in [3.63, 3.8) is 0 Å². The van der Waals surface area contributed by atoms with Crippen LogP contribution in [0.25, 0.3) is 0 Å². The number of hydrogen-bond acceptors (Lipinski definition) is 4. The molecule has 0 bridgehead atoms. The van der Waals surface area contributed by atoms with E-state index < -0.39 is 0 Å². The largest absolute Gasteiger partial charge is 0.373 e. The molecule has 118 valence electrons. The highest BCUT2D eigenvalue weighted by atomic mass is 15.1. The minimum absolute atomic E-state index is 0.0385. The van der Waals surface area contributed by atoms with E-state index in [2.05, 4.69) is 43.3 Å². The van der Waals surface area contributed by atoms with Gasteiger partial charge in [-0.1, -0.05) is 34.1 Å². The van der Waals surface area contributed by atoms with Gasteiger partial charge in [0.2, 0.25) is 0 Å². The molecule has 0 aromatic carbocycles. The lowest BCUT2D eigenvalue weighted by atomic mass is 9.84. The standard InChI is InChI=1S/C17H30N4/c1-6-12-7-9-13(10-8-12)19-15-11-14(18-5)20-16(21-15)17(2,3)4/h11-13H,6-10H2,1-5H3,(H2,18,19,20,21). The van der Waals surface area contributed by atoms with Crippen LogP contribution in [0.1, 0.15) is 65.6 Å². The van der Waals surface area contributed by atoms with E-state index in [4.69, 9.17) is 4.98 Å². The smallest absolute Gasteiger partial charge is 0.138 e. The first kappa shape index (κ1) is 16.1. The third kappa shape index (κ3) is 4.32. The molecule has 1 heterocycles. The number of rotatable bonds is 4. The van der Waals surface area contributed by atoms with E-state index in [1.165, 1.54) is 32.1 Å². The molecule has 2 rings (SSSR count). The van der Waals surface area contributed by atoms with Gasteiger partial charge in [0.1, 0.15) is 17.5 Å². The number of nitrogens with one attached hydrogen (secondary N) is 2. The Morgan fingerprint density at radius 3 is 2.24 bits per heavy atom. The summed E-state index contributed by atoms with van der Waals surface area (Å²) in [5, 5.41) is 6.76. The predicted octanol–water partition coefficient (Wildman–Crippen LogP) is 4.20. The van der Waals surface area contributed by atoms with Crippen molar-refractivity contribution in [3.8, 4) is 0 Å². The molecule has 1 aliphatic carbocycles. The van der Waals surface area contributed by atoms with Crippen LogP contribution < -0.4 is 10.6 Å². The predicted molar refractivity (Wildman–Crippen MR) is 89.9 cm³/mol. The van der Waals surface area contributed by atoms with Crippen molar-refractivity contribution in [2.24, 2.45) is 5.92 Å². The Hall–Kier alpha value is -1.32. The van der Waals surface area contributed by atoms with Crippen molar-refractivity contribution in [2.75, 3.05) is 17.7 Å². The van der Waals surface area contributed by atoms with Gasteiger partial charge in [-0.3, -0.25) is 0 Å². The number of nitrogens with zero attached hydrogens (tertiary/aromatic N) is 2. The second-order valence-electron chi connectivity index (χ2n) is 7.23. The molecule has 1 saturated carbocycles. The van der Waals surface area contributed by atoms with Crippen molar-refractivity contribution in [3.05, 3.63) is 11.9 Å². The summed E-state index contributed by atoms with van der Waals surface area (Å²) >= 11 is 0. The van der Waals surface area contributed by atoms with Gasteiger partial charge in [0.25, 0.3) is 0 Å². The Balaban J connectivity index is 2.09. The van der Waals surface area contributed by atoms with Crippen LogP contribution in [0.15, 0.2) is 6.07 Å². The van der Waals surface area contributed by atoms with Crippen molar-refractivity contribution in [2.45, 2.75) is 71.3 Å². The number of anilines is 2. The minimum atomic E-state index is -0.0385. The Kier molecular flexibility index (Phi) is 5.07. The van der Waals surface area contributed by atoms with Crippen LogP contribution in [0, 0.1) is 5.92 Å². The monoisotopic (exact) mass is 290 g/mol. The Labute approximate surface area is 129 Å². The molecule has 0 atom stereocenters. The van der Waals surface area contributed by atoms with Gasteiger partial charge >= 0.3 is 0 Å². The normalized spacial score (nSPS) is 22.9. The summed E-state index contributed by atoms with van der Waals surface area (Å²) in [6.45, 7) is 8.76. The topological polar surface area (TPSA) is 49.8 Å². The number of hydrogen-bond donors (Lipinski definition) is 2. The summed E-state index contributed by atoms with van der Waals surface area (Å²) in [5.41, 5.74) is -0.0385. The second-order valence-corrected chi connectivity index (χ2v) is 7.23. The van der Waals surface area contributed by atoms with Crippen LogP contribution in [0.2, 0.25) is 0 Å². The fourth-order valence-electron chi connectivity index (χ4n) is 2.91. The van der Waals surface area contributed by atoms with E-state index >= 15 is 0 Å². The molecule has 0 aliphatic heterocycles. The highest BCUT2D eigenvalue weighted by Gasteiger charge is 2.22. The van der Waals surface area contributed by atoms with E-state index in [1.54, 1.807) is 0 Å². The fourth-order valence-corrected chi connectivity index (χ4v) is 2.91. The molecule has 0 spiro atoms. The van der Waals surface area contributed by atoms with E-state index in [0.717, 1.165) is 23.4 Å². The highest BCUT2D eigenvalue weighted by molar-refractivity contribution is 5.48. The molecule has 0 amide bonds. The average molecular weight is 290 g/mol. The van der Waals surface area contributed by atoms with Gasteiger partial charge < -0.3 is 10.6 Å². The quantitative estimate of drug-likeness (QED) is 0.872. The van der Waals surface area contributed by atoms with Gasteiger partial charge in [0, 0.05) is 24.6 Å². The molecular weight excluding hydrogens is 260 g/mol. The van der Waals surface area contributed by atoms with Crippen LogP contribution in [0.4, 0.5) is 11.6 Å². The molecular formula is C17H30N4. The molecule has 4 nitrogen and oxygen atoms in total. The van der Waals surface area contributed by atoms with Crippen LogP contribution >= 0.6 is 0 Å². The van der Waals surface area contributed by atoms with Crippen molar-refractivity contribution in [1.29, 1.82) is 0 Å². The molecule has 1 aliphatic rings.